The number of hydrogen-bond acceptors (Lipinski definition) is 4. The van der Waals surface area contributed by atoms with Gasteiger partial charge < -0.3 is 10.6 Å². The molecule has 2 N–H and O–H groups in total. The first kappa shape index (κ1) is 18.3. The third-order valence-corrected chi connectivity index (χ3v) is 3.41. The molecule has 2 rings (SSSR count). The van der Waals surface area contributed by atoms with Gasteiger partial charge in [-0.25, -0.2) is 4.98 Å². The van der Waals surface area contributed by atoms with Gasteiger partial charge in [0.1, 0.15) is 11.7 Å². The maximum atomic E-state index is 12.5. The van der Waals surface area contributed by atoms with Crippen molar-refractivity contribution < 1.29 is 9.59 Å². The lowest BCUT2D eigenvalue weighted by Gasteiger charge is -2.17. The fourth-order valence-electron chi connectivity index (χ4n) is 2.13. The van der Waals surface area contributed by atoms with E-state index < -0.39 is 11.9 Å². The van der Waals surface area contributed by atoms with Crippen LogP contribution in [0.4, 0.5) is 0 Å². The molecule has 0 aliphatic rings. The third-order valence-electron chi connectivity index (χ3n) is 3.41. The van der Waals surface area contributed by atoms with Crippen molar-refractivity contribution in [1.82, 2.24) is 20.6 Å². The number of nitrogens with zero attached hydrogens (tertiary/aromatic N) is 2. The van der Waals surface area contributed by atoms with E-state index in [2.05, 4.69) is 20.6 Å². The summed E-state index contributed by atoms with van der Waals surface area (Å²) in [7, 11) is 0. The van der Waals surface area contributed by atoms with Crippen LogP contribution < -0.4 is 10.6 Å². The first-order valence-corrected chi connectivity index (χ1v) is 8.14. The van der Waals surface area contributed by atoms with Gasteiger partial charge in [0.05, 0.1) is 6.20 Å². The molecule has 2 amide bonds. The van der Waals surface area contributed by atoms with Crippen LogP contribution in [0.3, 0.4) is 0 Å². The van der Waals surface area contributed by atoms with Gasteiger partial charge in [-0.2, -0.15) is 0 Å². The van der Waals surface area contributed by atoms with Crippen LogP contribution in [0.5, 0.6) is 0 Å². The molecule has 0 saturated carbocycles. The third kappa shape index (κ3) is 6.18. The summed E-state index contributed by atoms with van der Waals surface area (Å²) in [5, 5.41) is 5.45. The molecular formula is C19H22N4O2. The van der Waals surface area contributed by atoms with E-state index in [0.717, 1.165) is 5.56 Å². The van der Waals surface area contributed by atoms with Crippen LogP contribution in [0, 0.1) is 5.92 Å². The maximum Gasteiger partial charge on any atom is 0.272 e. The molecule has 0 unspecified atom stereocenters. The lowest BCUT2D eigenvalue weighted by atomic mass is 10.1. The summed E-state index contributed by atoms with van der Waals surface area (Å²) in [6, 6.07) is 8.81. The Kier molecular flexibility index (Phi) is 6.83. The second-order valence-electron chi connectivity index (χ2n) is 5.92. The summed E-state index contributed by atoms with van der Waals surface area (Å²) in [6.45, 7) is 4.03. The van der Waals surface area contributed by atoms with Crippen LogP contribution in [0.25, 0.3) is 0 Å². The van der Waals surface area contributed by atoms with E-state index in [0.29, 0.717) is 12.3 Å². The van der Waals surface area contributed by atoms with Gasteiger partial charge in [0.2, 0.25) is 5.91 Å². The van der Waals surface area contributed by atoms with Crippen LogP contribution in [0.2, 0.25) is 0 Å². The highest BCUT2D eigenvalue weighted by Gasteiger charge is 2.21. The van der Waals surface area contributed by atoms with Crippen molar-refractivity contribution in [3.05, 3.63) is 72.5 Å². The first-order valence-electron chi connectivity index (χ1n) is 8.14. The van der Waals surface area contributed by atoms with Gasteiger partial charge in [-0.15, -0.1) is 0 Å². The van der Waals surface area contributed by atoms with Crippen LogP contribution in [-0.4, -0.2) is 27.8 Å². The van der Waals surface area contributed by atoms with Gasteiger partial charge in [0, 0.05) is 25.0 Å². The topological polar surface area (TPSA) is 84.0 Å². The maximum absolute atomic E-state index is 12.5. The highest BCUT2D eigenvalue weighted by atomic mass is 16.2. The van der Waals surface area contributed by atoms with Gasteiger partial charge in [0.25, 0.3) is 5.91 Å². The van der Waals surface area contributed by atoms with Crippen molar-refractivity contribution in [1.29, 1.82) is 0 Å². The Balaban J connectivity index is 2.10. The molecule has 0 aliphatic carbocycles. The quantitative estimate of drug-likeness (QED) is 0.810. The molecule has 0 saturated heterocycles. The summed E-state index contributed by atoms with van der Waals surface area (Å²) >= 11 is 0. The number of amides is 2. The van der Waals surface area contributed by atoms with Crippen LogP contribution in [-0.2, 0) is 11.2 Å². The number of allylic oxidation sites excluding steroid dienone is 1. The molecule has 6 heteroatoms. The van der Waals surface area contributed by atoms with Crippen molar-refractivity contribution in [3.63, 3.8) is 0 Å². The number of nitrogens with one attached hydrogen (secondary N) is 2. The summed E-state index contributed by atoms with van der Waals surface area (Å²) in [6.07, 6.45) is 8.16. The van der Waals surface area contributed by atoms with E-state index in [1.165, 1.54) is 18.6 Å². The smallest absolute Gasteiger partial charge is 0.272 e. The Bertz CT molecular complexity index is 715. The van der Waals surface area contributed by atoms with Crippen molar-refractivity contribution in [2.24, 2.45) is 5.92 Å². The Morgan fingerprint density at radius 2 is 1.92 bits per heavy atom. The monoisotopic (exact) mass is 338 g/mol. The molecule has 1 aromatic heterocycles. The fourth-order valence-corrected chi connectivity index (χ4v) is 2.13. The number of hydrogen-bond donors (Lipinski definition) is 2. The van der Waals surface area contributed by atoms with E-state index in [4.69, 9.17) is 0 Å². The molecule has 0 aliphatic heterocycles. The van der Waals surface area contributed by atoms with E-state index in [1.807, 2.05) is 50.3 Å². The summed E-state index contributed by atoms with van der Waals surface area (Å²) in [4.78, 5) is 32.6. The van der Waals surface area contributed by atoms with Crippen molar-refractivity contribution in [3.8, 4) is 0 Å². The molecule has 0 bridgehead atoms. The summed E-state index contributed by atoms with van der Waals surface area (Å²) in [5.74, 6) is -0.392. The predicted molar refractivity (Wildman–Crippen MR) is 95.6 cm³/mol. The van der Waals surface area contributed by atoms with Crippen molar-refractivity contribution >= 4 is 11.8 Å². The Morgan fingerprint density at radius 1 is 1.16 bits per heavy atom. The van der Waals surface area contributed by atoms with E-state index in [-0.39, 0.29) is 11.6 Å². The Morgan fingerprint density at radius 3 is 2.56 bits per heavy atom. The van der Waals surface area contributed by atoms with E-state index in [1.54, 1.807) is 6.20 Å². The van der Waals surface area contributed by atoms with Gasteiger partial charge >= 0.3 is 0 Å². The highest BCUT2D eigenvalue weighted by Crippen LogP contribution is 2.05. The molecular weight excluding hydrogens is 316 g/mol. The van der Waals surface area contributed by atoms with Crippen LogP contribution >= 0.6 is 0 Å². The van der Waals surface area contributed by atoms with Crippen molar-refractivity contribution in [2.75, 3.05) is 0 Å². The Labute approximate surface area is 147 Å². The molecule has 6 nitrogen and oxygen atoms in total. The number of benzene rings is 1. The van der Waals surface area contributed by atoms with Gasteiger partial charge in [-0.05, 0) is 11.5 Å². The number of rotatable bonds is 7. The van der Waals surface area contributed by atoms with E-state index >= 15 is 0 Å². The standard InChI is InChI=1S/C19H22N4O2/c1-14(2)8-9-22-18(24)16(12-15-6-4-3-5-7-15)23-19(25)17-13-20-10-11-21-17/h3-11,13-14,16H,12H2,1-2H3,(H,22,24)(H,23,25)/b9-8-/t16-/m0/s1. The zero-order valence-electron chi connectivity index (χ0n) is 14.3. The molecule has 0 radical (unpaired) electrons. The molecule has 130 valence electrons. The minimum Gasteiger partial charge on any atom is -0.338 e. The largest absolute Gasteiger partial charge is 0.338 e. The molecule has 25 heavy (non-hydrogen) atoms. The number of aromatic nitrogens is 2. The average Bonchev–Trinajstić information content (AvgIpc) is 2.62. The second-order valence-corrected chi connectivity index (χ2v) is 5.92. The zero-order valence-corrected chi connectivity index (χ0v) is 14.3. The minimum atomic E-state index is -0.714. The van der Waals surface area contributed by atoms with Gasteiger partial charge in [-0.1, -0.05) is 50.3 Å². The Hall–Kier alpha value is -3.02. The summed E-state index contributed by atoms with van der Waals surface area (Å²) < 4.78 is 0. The lowest BCUT2D eigenvalue weighted by Crippen LogP contribution is -2.47. The van der Waals surface area contributed by atoms with Crippen LogP contribution in [0.1, 0.15) is 29.9 Å². The lowest BCUT2D eigenvalue weighted by molar-refractivity contribution is -0.122. The molecule has 0 spiro atoms. The number of carbonyl (C=O) groups is 2. The highest BCUT2D eigenvalue weighted by molar-refractivity contribution is 5.96. The van der Waals surface area contributed by atoms with Gasteiger partial charge in [0.15, 0.2) is 0 Å². The van der Waals surface area contributed by atoms with E-state index in [9.17, 15) is 9.59 Å². The molecule has 1 atom stereocenters. The zero-order chi connectivity index (χ0) is 18.1. The van der Waals surface area contributed by atoms with Crippen LogP contribution in [0.15, 0.2) is 61.2 Å². The summed E-state index contributed by atoms with van der Waals surface area (Å²) in [5.41, 5.74) is 1.13. The minimum absolute atomic E-state index is 0.172. The molecule has 2 aromatic rings. The SMILES string of the molecule is CC(C)/C=C\NC(=O)[C@H](Cc1ccccc1)NC(=O)c1cnccn1. The molecule has 0 fully saturated rings. The second kappa shape index (κ2) is 9.32. The predicted octanol–water partition coefficient (Wildman–Crippen LogP) is 2.10. The first-order chi connectivity index (χ1) is 12.1. The van der Waals surface area contributed by atoms with Gasteiger partial charge in [-0.3, -0.25) is 14.6 Å². The molecule has 1 aromatic carbocycles. The normalized spacial score (nSPS) is 12.1. The number of carbonyl (C=O) groups excluding carboxylic acids is 2. The van der Waals surface area contributed by atoms with Crippen molar-refractivity contribution in [2.45, 2.75) is 26.3 Å². The fraction of sp³-hybridized carbons (Fsp3) is 0.263. The molecule has 1 heterocycles. The average molecular weight is 338 g/mol.